The molecule has 3 atom stereocenters. The summed E-state index contributed by atoms with van der Waals surface area (Å²) in [5, 5.41) is 13.0. The van der Waals surface area contributed by atoms with Crippen molar-refractivity contribution in [1.29, 1.82) is 0 Å². The van der Waals surface area contributed by atoms with Crippen LogP contribution in [-0.2, 0) is 0 Å². The molecule has 0 fully saturated rings. The van der Waals surface area contributed by atoms with Crippen molar-refractivity contribution in [2.45, 2.75) is 38.1 Å². The highest BCUT2D eigenvalue weighted by molar-refractivity contribution is 7.99. The molecule has 0 spiro atoms. The molecule has 3 unspecified atom stereocenters. The molecule has 92 valence electrons. The molecular weight excluding hydrogens is 240 g/mol. The third kappa shape index (κ3) is 3.45. The lowest BCUT2D eigenvalue weighted by molar-refractivity contribution is 0.272. The fraction of sp³-hybridized carbons (Fsp3) is 0.727. The molecule has 0 aromatic carbocycles. The van der Waals surface area contributed by atoms with Gasteiger partial charge in [-0.2, -0.15) is 11.8 Å². The van der Waals surface area contributed by atoms with Gasteiger partial charge >= 0.3 is 0 Å². The van der Waals surface area contributed by atoms with E-state index in [0.717, 1.165) is 5.69 Å². The Morgan fingerprint density at radius 3 is 2.69 bits per heavy atom. The molecule has 5 heteroatoms. The summed E-state index contributed by atoms with van der Waals surface area (Å²) in [4.78, 5) is 5.54. The first-order chi connectivity index (χ1) is 7.60. The predicted molar refractivity (Wildman–Crippen MR) is 72.3 cm³/mol. The SMILES string of the molecule is CSC(CO)C(C)NC(C)c1scnc1C. The zero-order valence-corrected chi connectivity index (χ0v) is 11.9. The van der Waals surface area contributed by atoms with Gasteiger partial charge in [0, 0.05) is 22.2 Å². The number of aromatic nitrogens is 1. The van der Waals surface area contributed by atoms with Gasteiger partial charge in [-0.25, -0.2) is 4.98 Å². The van der Waals surface area contributed by atoms with E-state index in [2.05, 4.69) is 24.1 Å². The van der Waals surface area contributed by atoms with Crippen molar-refractivity contribution >= 4 is 23.1 Å². The summed E-state index contributed by atoms with van der Waals surface area (Å²) in [6, 6.07) is 0.584. The first-order valence-corrected chi connectivity index (χ1v) is 7.56. The summed E-state index contributed by atoms with van der Waals surface area (Å²) in [7, 11) is 0. The first kappa shape index (κ1) is 14.0. The molecule has 1 rings (SSSR count). The maximum Gasteiger partial charge on any atom is 0.0798 e. The van der Waals surface area contributed by atoms with E-state index in [1.807, 2.05) is 18.7 Å². The lowest BCUT2D eigenvalue weighted by Crippen LogP contribution is -2.38. The van der Waals surface area contributed by atoms with Gasteiger partial charge in [0.1, 0.15) is 0 Å². The molecule has 0 aliphatic carbocycles. The number of aliphatic hydroxyl groups is 1. The Morgan fingerprint density at radius 1 is 1.56 bits per heavy atom. The van der Waals surface area contributed by atoms with Gasteiger partial charge in [-0.1, -0.05) is 0 Å². The summed E-state index contributed by atoms with van der Waals surface area (Å²) in [5.41, 5.74) is 2.98. The van der Waals surface area contributed by atoms with Crippen LogP contribution >= 0.6 is 23.1 Å². The molecule has 0 aliphatic rings. The third-order valence-corrected chi connectivity index (χ3v) is 5.01. The van der Waals surface area contributed by atoms with Crippen LogP contribution in [-0.4, -0.2) is 34.2 Å². The van der Waals surface area contributed by atoms with Crippen LogP contribution in [0.15, 0.2) is 5.51 Å². The second kappa shape index (κ2) is 6.59. The Labute approximate surface area is 106 Å². The molecule has 0 bridgehead atoms. The highest BCUT2D eigenvalue weighted by Gasteiger charge is 2.19. The molecular formula is C11H20N2OS2. The van der Waals surface area contributed by atoms with Crippen molar-refractivity contribution < 1.29 is 5.11 Å². The molecule has 0 saturated carbocycles. The largest absolute Gasteiger partial charge is 0.395 e. The van der Waals surface area contributed by atoms with Crippen molar-refractivity contribution in [3.8, 4) is 0 Å². The van der Waals surface area contributed by atoms with E-state index >= 15 is 0 Å². The Kier molecular flexibility index (Phi) is 5.75. The van der Waals surface area contributed by atoms with E-state index in [0.29, 0.717) is 6.04 Å². The molecule has 1 aromatic rings. The molecule has 3 nitrogen and oxygen atoms in total. The van der Waals surface area contributed by atoms with Crippen molar-refractivity contribution in [2.75, 3.05) is 12.9 Å². The van der Waals surface area contributed by atoms with E-state index < -0.39 is 0 Å². The molecule has 0 aliphatic heterocycles. The van der Waals surface area contributed by atoms with Crippen LogP contribution in [0.3, 0.4) is 0 Å². The Balaban J connectivity index is 2.57. The van der Waals surface area contributed by atoms with Gasteiger partial charge in [-0.15, -0.1) is 11.3 Å². The number of aryl methyl sites for hydroxylation is 1. The molecule has 1 heterocycles. The number of rotatable bonds is 6. The summed E-state index contributed by atoms with van der Waals surface area (Å²) < 4.78 is 0. The quantitative estimate of drug-likeness (QED) is 0.823. The average molecular weight is 260 g/mol. The molecule has 0 radical (unpaired) electrons. The minimum absolute atomic E-state index is 0.212. The average Bonchev–Trinajstić information content (AvgIpc) is 2.66. The Morgan fingerprint density at radius 2 is 2.25 bits per heavy atom. The number of thiazole rings is 1. The monoisotopic (exact) mass is 260 g/mol. The van der Waals surface area contributed by atoms with Crippen molar-refractivity contribution in [1.82, 2.24) is 10.3 Å². The van der Waals surface area contributed by atoms with Gasteiger partial charge in [0.2, 0.25) is 0 Å². The molecule has 0 amide bonds. The smallest absolute Gasteiger partial charge is 0.0798 e. The Hall–Kier alpha value is -0.100. The maximum atomic E-state index is 9.22. The second-order valence-electron chi connectivity index (χ2n) is 3.94. The minimum atomic E-state index is 0.212. The van der Waals surface area contributed by atoms with E-state index in [4.69, 9.17) is 0 Å². The summed E-state index contributed by atoms with van der Waals surface area (Å²) in [6.07, 6.45) is 2.03. The number of aliphatic hydroxyl groups excluding tert-OH is 1. The van der Waals surface area contributed by atoms with Gasteiger partial charge in [0.25, 0.3) is 0 Å². The summed E-state index contributed by atoms with van der Waals surface area (Å²) in [6.45, 7) is 6.51. The lowest BCUT2D eigenvalue weighted by atomic mass is 10.1. The summed E-state index contributed by atoms with van der Waals surface area (Å²) in [5.74, 6) is 0. The van der Waals surface area contributed by atoms with E-state index in [1.165, 1.54) is 4.88 Å². The zero-order chi connectivity index (χ0) is 12.1. The zero-order valence-electron chi connectivity index (χ0n) is 10.2. The number of nitrogens with zero attached hydrogens (tertiary/aromatic N) is 1. The molecule has 1 aromatic heterocycles. The van der Waals surface area contributed by atoms with Crippen molar-refractivity contribution in [2.24, 2.45) is 0 Å². The second-order valence-corrected chi connectivity index (χ2v) is 5.90. The lowest BCUT2D eigenvalue weighted by Gasteiger charge is -2.25. The van der Waals surface area contributed by atoms with Crippen molar-refractivity contribution in [3.05, 3.63) is 16.1 Å². The van der Waals surface area contributed by atoms with Gasteiger partial charge in [0.15, 0.2) is 0 Å². The highest BCUT2D eigenvalue weighted by atomic mass is 32.2. The van der Waals surface area contributed by atoms with Crippen LogP contribution in [0.1, 0.15) is 30.5 Å². The van der Waals surface area contributed by atoms with Crippen LogP contribution < -0.4 is 5.32 Å². The topological polar surface area (TPSA) is 45.1 Å². The van der Waals surface area contributed by atoms with Gasteiger partial charge in [-0.05, 0) is 27.0 Å². The van der Waals surface area contributed by atoms with E-state index in [-0.39, 0.29) is 17.9 Å². The fourth-order valence-electron chi connectivity index (χ4n) is 1.74. The van der Waals surface area contributed by atoms with Crippen LogP contribution in [0.25, 0.3) is 0 Å². The number of thioether (sulfide) groups is 1. The van der Waals surface area contributed by atoms with Gasteiger partial charge < -0.3 is 10.4 Å². The van der Waals surface area contributed by atoms with E-state index in [1.54, 1.807) is 23.1 Å². The standard InChI is InChI=1S/C11H20N2OS2/c1-7(10(5-14)15-4)13-9(3)11-8(2)12-6-16-11/h6-7,9-10,13-14H,5H2,1-4H3. The molecule has 16 heavy (non-hydrogen) atoms. The van der Waals surface area contributed by atoms with E-state index in [9.17, 15) is 5.11 Å². The van der Waals surface area contributed by atoms with Gasteiger partial charge in [0.05, 0.1) is 17.8 Å². The van der Waals surface area contributed by atoms with Gasteiger partial charge in [-0.3, -0.25) is 0 Å². The number of hydrogen-bond donors (Lipinski definition) is 2. The Bertz CT molecular complexity index is 313. The van der Waals surface area contributed by atoms with Crippen LogP contribution in [0.2, 0.25) is 0 Å². The fourth-order valence-corrected chi connectivity index (χ4v) is 3.20. The third-order valence-electron chi connectivity index (χ3n) is 2.73. The highest BCUT2D eigenvalue weighted by Crippen LogP contribution is 2.23. The maximum absolute atomic E-state index is 9.22. The van der Waals surface area contributed by atoms with Crippen LogP contribution in [0.4, 0.5) is 0 Å². The normalized spacial score (nSPS) is 17.1. The first-order valence-electron chi connectivity index (χ1n) is 5.39. The van der Waals surface area contributed by atoms with Crippen LogP contribution in [0, 0.1) is 6.92 Å². The minimum Gasteiger partial charge on any atom is -0.395 e. The van der Waals surface area contributed by atoms with Crippen LogP contribution in [0.5, 0.6) is 0 Å². The molecule has 2 N–H and O–H groups in total. The molecule has 0 saturated heterocycles. The summed E-state index contributed by atoms with van der Waals surface area (Å²) >= 11 is 3.38. The van der Waals surface area contributed by atoms with Crippen molar-refractivity contribution in [3.63, 3.8) is 0 Å². The predicted octanol–water partition coefficient (Wildman–Crippen LogP) is 2.21. The number of nitrogens with one attached hydrogen (secondary N) is 1. The number of hydrogen-bond acceptors (Lipinski definition) is 5.